The van der Waals surface area contributed by atoms with E-state index in [4.69, 9.17) is 5.41 Å². The number of ketones is 1. The van der Waals surface area contributed by atoms with Crippen LogP contribution in [0.25, 0.3) is 0 Å². The Bertz CT molecular complexity index is 729. The van der Waals surface area contributed by atoms with Gasteiger partial charge >= 0.3 is 0 Å². The highest BCUT2D eigenvalue weighted by Gasteiger charge is 2.62. The summed E-state index contributed by atoms with van der Waals surface area (Å²) in [6.45, 7) is 12.9. The summed E-state index contributed by atoms with van der Waals surface area (Å²) in [4.78, 5) is 27.4. The lowest BCUT2D eigenvalue weighted by atomic mass is 9.44. The van der Waals surface area contributed by atoms with Crippen molar-refractivity contribution in [1.29, 1.82) is 5.41 Å². The van der Waals surface area contributed by atoms with E-state index in [9.17, 15) is 9.59 Å². The maximum Gasteiger partial charge on any atom is 0.225 e. The van der Waals surface area contributed by atoms with Crippen molar-refractivity contribution in [2.45, 2.75) is 86.0 Å². The molecule has 0 aromatic rings. The molecular formula is C26H42N2O2. The molecule has 4 aliphatic rings. The van der Waals surface area contributed by atoms with Crippen LogP contribution in [0.2, 0.25) is 0 Å². The molecule has 0 spiro atoms. The van der Waals surface area contributed by atoms with Crippen molar-refractivity contribution in [2.75, 3.05) is 13.1 Å². The van der Waals surface area contributed by atoms with Crippen LogP contribution in [-0.2, 0) is 9.59 Å². The summed E-state index contributed by atoms with van der Waals surface area (Å²) in [5.41, 5.74) is 0.832. The van der Waals surface area contributed by atoms with E-state index in [0.717, 1.165) is 25.9 Å². The van der Waals surface area contributed by atoms with Gasteiger partial charge in [0.05, 0.1) is 5.71 Å². The van der Waals surface area contributed by atoms with Crippen LogP contribution in [0.15, 0.2) is 0 Å². The minimum Gasteiger partial charge on any atom is -0.343 e. The van der Waals surface area contributed by atoms with Crippen LogP contribution in [0.4, 0.5) is 0 Å². The third-order valence-corrected chi connectivity index (χ3v) is 10.6. The van der Waals surface area contributed by atoms with Gasteiger partial charge in [-0.15, -0.1) is 0 Å². The zero-order valence-corrected chi connectivity index (χ0v) is 19.8. The third kappa shape index (κ3) is 3.03. The smallest absolute Gasteiger partial charge is 0.225 e. The minimum absolute atomic E-state index is 0.0984. The average molecular weight is 415 g/mol. The molecule has 4 heteroatoms. The van der Waals surface area contributed by atoms with Gasteiger partial charge in [-0.25, -0.2) is 0 Å². The molecule has 4 nitrogen and oxygen atoms in total. The van der Waals surface area contributed by atoms with E-state index in [0.29, 0.717) is 41.7 Å². The van der Waals surface area contributed by atoms with Gasteiger partial charge in [0.15, 0.2) is 5.78 Å². The van der Waals surface area contributed by atoms with Crippen molar-refractivity contribution >= 4 is 17.4 Å². The van der Waals surface area contributed by atoms with E-state index in [1.807, 2.05) is 4.90 Å². The van der Waals surface area contributed by atoms with Gasteiger partial charge in [-0.3, -0.25) is 9.59 Å². The number of carbonyl (C=O) groups is 2. The number of hydrogen-bond acceptors (Lipinski definition) is 3. The summed E-state index contributed by atoms with van der Waals surface area (Å²) in [7, 11) is 0. The van der Waals surface area contributed by atoms with E-state index in [2.05, 4.69) is 34.6 Å². The molecule has 0 saturated heterocycles. The second-order valence-electron chi connectivity index (χ2n) is 11.4. The number of hydrogen-bond donors (Lipinski definition) is 1. The number of Topliss-reactive ketones (excluding diaryl/α,β-unsaturated/α-hetero) is 1. The van der Waals surface area contributed by atoms with Crippen molar-refractivity contribution in [1.82, 2.24) is 4.90 Å². The second kappa shape index (κ2) is 7.74. The van der Waals surface area contributed by atoms with Crippen molar-refractivity contribution in [3.05, 3.63) is 0 Å². The van der Waals surface area contributed by atoms with Crippen LogP contribution in [-0.4, -0.2) is 35.4 Å². The van der Waals surface area contributed by atoms with Crippen LogP contribution in [0.1, 0.15) is 86.0 Å². The molecule has 4 aliphatic carbocycles. The Morgan fingerprint density at radius 2 is 1.70 bits per heavy atom. The second-order valence-corrected chi connectivity index (χ2v) is 11.4. The Hall–Kier alpha value is -1.19. The van der Waals surface area contributed by atoms with Crippen molar-refractivity contribution in [2.24, 2.45) is 46.3 Å². The van der Waals surface area contributed by atoms with E-state index in [-0.39, 0.29) is 28.4 Å². The Morgan fingerprint density at radius 1 is 1.03 bits per heavy atom. The maximum atomic E-state index is 13.2. The van der Waals surface area contributed by atoms with Crippen molar-refractivity contribution in [3.8, 4) is 0 Å². The predicted octanol–water partition coefficient (Wildman–Crippen LogP) is 5.35. The molecule has 1 amide bonds. The Kier molecular flexibility index (Phi) is 5.68. The molecule has 4 rings (SSSR count). The predicted molar refractivity (Wildman–Crippen MR) is 120 cm³/mol. The first-order valence-electron chi connectivity index (χ1n) is 12.6. The third-order valence-electron chi connectivity index (χ3n) is 10.6. The summed E-state index contributed by atoms with van der Waals surface area (Å²) in [6.07, 6.45) is 8.62. The molecule has 8 atom stereocenters. The summed E-state index contributed by atoms with van der Waals surface area (Å²) in [6, 6.07) is 0. The number of nitrogens with zero attached hydrogens (tertiary/aromatic N) is 1. The van der Waals surface area contributed by atoms with Gasteiger partial charge in [-0.1, -0.05) is 20.8 Å². The van der Waals surface area contributed by atoms with Crippen LogP contribution in [0.3, 0.4) is 0 Å². The number of carbonyl (C=O) groups excluding carboxylic acids is 2. The molecule has 1 N–H and O–H groups in total. The zero-order valence-electron chi connectivity index (χ0n) is 19.8. The van der Waals surface area contributed by atoms with Gasteiger partial charge in [0, 0.05) is 31.3 Å². The minimum atomic E-state index is 0.0984. The lowest BCUT2D eigenvalue weighted by Crippen LogP contribution is -2.56. The number of rotatable bonds is 4. The Labute approximate surface area is 183 Å². The molecule has 0 radical (unpaired) electrons. The molecule has 0 heterocycles. The van der Waals surface area contributed by atoms with Crippen molar-refractivity contribution < 1.29 is 9.59 Å². The molecule has 168 valence electrons. The average Bonchev–Trinajstić information content (AvgIpc) is 3.08. The Morgan fingerprint density at radius 3 is 2.37 bits per heavy atom. The SMILES string of the molecule is CCN(CC)C(=O)[C@@H](C)[C@H]1CC[C@H]2[C@@H]3CCC4C(=N)C(=O)CC[C@]4(C)[C@H]3CC[C@]12C. The fourth-order valence-electron chi connectivity index (χ4n) is 8.86. The fourth-order valence-corrected chi connectivity index (χ4v) is 8.86. The van der Waals surface area contributed by atoms with Gasteiger partial charge in [-0.05, 0) is 93.3 Å². The topological polar surface area (TPSA) is 61.2 Å². The number of nitrogens with one attached hydrogen (secondary N) is 1. The van der Waals surface area contributed by atoms with Gasteiger partial charge in [0.2, 0.25) is 5.91 Å². The molecule has 0 aromatic heterocycles. The van der Waals surface area contributed by atoms with Gasteiger partial charge in [0.25, 0.3) is 0 Å². The van der Waals surface area contributed by atoms with Gasteiger partial charge in [-0.2, -0.15) is 0 Å². The Balaban J connectivity index is 1.56. The highest BCUT2D eigenvalue weighted by Crippen LogP contribution is 2.67. The summed E-state index contributed by atoms with van der Waals surface area (Å²) in [5.74, 6) is 3.31. The van der Waals surface area contributed by atoms with E-state index >= 15 is 0 Å². The van der Waals surface area contributed by atoms with Crippen LogP contribution < -0.4 is 0 Å². The monoisotopic (exact) mass is 414 g/mol. The van der Waals surface area contributed by atoms with Gasteiger partial charge in [0.1, 0.15) is 0 Å². The first-order chi connectivity index (χ1) is 14.2. The molecule has 1 unspecified atom stereocenters. The van der Waals surface area contributed by atoms with Crippen LogP contribution in [0, 0.1) is 51.7 Å². The van der Waals surface area contributed by atoms with Crippen LogP contribution in [0.5, 0.6) is 0 Å². The normalized spacial score (nSPS) is 44.1. The first-order valence-corrected chi connectivity index (χ1v) is 12.6. The number of fused-ring (bicyclic) bond motifs is 5. The fraction of sp³-hybridized carbons (Fsp3) is 0.885. The molecule has 4 saturated carbocycles. The molecular weight excluding hydrogens is 372 g/mol. The first kappa shape index (κ1) is 22.0. The number of amides is 1. The largest absolute Gasteiger partial charge is 0.343 e. The summed E-state index contributed by atoms with van der Waals surface area (Å²) >= 11 is 0. The highest BCUT2D eigenvalue weighted by molar-refractivity contribution is 6.40. The lowest BCUT2D eigenvalue weighted by molar-refractivity contribution is -0.141. The van der Waals surface area contributed by atoms with E-state index in [1.165, 1.54) is 32.1 Å². The van der Waals surface area contributed by atoms with Gasteiger partial charge < -0.3 is 10.3 Å². The maximum absolute atomic E-state index is 13.2. The summed E-state index contributed by atoms with van der Waals surface area (Å²) < 4.78 is 0. The molecule has 0 aromatic carbocycles. The van der Waals surface area contributed by atoms with Crippen molar-refractivity contribution in [3.63, 3.8) is 0 Å². The highest BCUT2D eigenvalue weighted by atomic mass is 16.2. The quantitative estimate of drug-likeness (QED) is 0.674. The summed E-state index contributed by atoms with van der Waals surface area (Å²) in [5, 5.41) is 8.46. The zero-order chi connectivity index (χ0) is 21.8. The molecule has 0 bridgehead atoms. The molecule has 30 heavy (non-hydrogen) atoms. The molecule has 0 aliphatic heterocycles. The standard InChI is InChI=1S/C26H42N2O2/c1-6-28(7-2)24(30)16(3)18-10-11-19-17-8-9-21-23(27)22(29)13-15-26(21,5)20(17)12-14-25(18,19)4/h16-21,27H,6-15H2,1-5H3/t16-,17-,18+,19-,20-,21?,25+,26+/m0/s1. The molecule has 4 fully saturated rings. The van der Waals surface area contributed by atoms with E-state index < -0.39 is 0 Å². The van der Waals surface area contributed by atoms with E-state index in [1.54, 1.807) is 0 Å². The lowest BCUT2D eigenvalue weighted by Gasteiger charge is -2.60. The van der Waals surface area contributed by atoms with Crippen LogP contribution >= 0.6 is 0 Å².